The Hall–Kier alpha value is -0.0800. The third kappa shape index (κ3) is 7.92. The lowest BCUT2D eigenvalue weighted by atomic mass is 10.1. The standard InChI is InChI=1S/C8H19NO/c1-7(2)4-5-10-6-8(3)9/h7-8H,4-6,9H2,1-3H3. The average Bonchev–Trinajstić information content (AvgIpc) is 1.79. The molecule has 2 N–H and O–H groups in total. The maximum atomic E-state index is 5.48. The fourth-order valence-corrected chi connectivity index (χ4v) is 0.588. The first-order valence-electron chi connectivity index (χ1n) is 3.96. The first kappa shape index (κ1) is 9.92. The van der Waals surface area contributed by atoms with Gasteiger partial charge in [0.1, 0.15) is 0 Å². The van der Waals surface area contributed by atoms with Gasteiger partial charge in [-0.25, -0.2) is 0 Å². The summed E-state index contributed by atoms with van der Waals surface area (Å²) in [5.41, 5.74) is 5.48. The van der Waals surface area contributed by atoms with E-state index in [-0.39, 0.29) is 6.04 Å². The summed E-state index contributed by atoms with van der Waals surface area (Å²) < 4.78 is 5.28. The zero-order valence-electron chi connectivity index (χ0n) is 7.26. The van der Waals surface area contributed by atoms with E-state index < -0.39 is 0 Å². The van der Waals surface area contributed by atoms with E-state index in [1.807, 2.05) is 6.92 Å². The molecule has 0 aliphatic rings. The summed E-state index contributed by atoms with van der Waals surface area (Å²) in [6.45, 7) is 7.87. The van der Waals surface area contributed by atoms with Crippen molar-refractivity contribution in [3.63, 3.8) is 0 Å². The maximum absolute atomic E-state index is 5.48. The molecule has 0 amide bonds. The van der Waals surface area contributed by atoms with Crippen LogP contribution in [0.1, 0.15) is 27.2 Å². The molecule has 0 saturated heterocycles. The highest BCUT2D eigenvalue weighted by Gasteiger charge is 1.95. The van der Waals surface area contributed by atoms with Gasteiger partial charge in [-0.05, 0) is 19.3 Å². The van der Waals surface area contributed by atoms with Crippen molar-refractivity contribution in [2.75, 3.05) is 13.2 Å². The van der Waals surface area contributed by atoms with Crippen LogP contribution in [-0.4, -0.2) is 19.3 Å². The first-order chi connectivity index (χ1) is 4.63. The Morgan fingerprint density at radius 1 is 1.30 bits per heavy atom. The van der Waals surface area contributed by atoms with E-state index in [1.165, 1.54) is 0 Å². The van der Waals surface area contributed by atoms with Crippen LogP contribution < -0.4 is 5.73 Å². The second kappa shape index (κ2) is 5.69. The lowest BCUT2D eigenvalue weighted by Crippen LogP contribution is -2.22. The SMILES string of the molecule is CC(C)CCOCC(C)N. The molecular formula is C8H19NO. The van der Waals surface area contributed by atoms with Crippen LogP contribution in [0, 0.1) is 5.92 Å². The molecule has 0 aromatic carbocycles. The molecular weight excluding hydrogens is 126 g/mol. The molecule has 10 heavy (non-hydrogen) atoms. The number of hydrogen-bond acceptors (Lipinski definition) is 2. The summed E-state index contributed by atoms with van der Waals surface area (Å²) >= 11 is 0. The molecule has 0 saturated carbocycles. The Labute approximate surface area is 63.7 Å². The fourth-order valence-electron chi connectivity index (χ4n) is 0.588. The minimum absolute atomic E-state index is 0.173. The first-order valence-corrected chi connectivity index (χ1v) is 3.96. The lowest BCUT2D eigenvalue weighted by Gasteiger charge is -2.07. The largest absolute Gasteiger partial charge is 0.380 e. The van der Waals surface area contributed by atoms with Crippen molar-refractivity contribution in [2.45, 2.75) is 33.2 Å². The van der Waals surface area contributed by atoms with Crippen molar-refractivity contribution in [1.29, 1.82) is 0 Å². The number of hydrogen-bond donors (Lipinski definition) is 1. The van der Waals surface area contributed by atoms with Gasteiger partial charge in [-0.15, -0.1) is 0 Å². The molecule has 1 atom stereocenters. The second-order valence-corrected chi connectivity index (χ2v) is 3.23. The van der Waals surface area contributed by atoms with E-state index in [0.717, 1.165) is 18.9 Å². The van der Waals surface area contributed by atoms with Crippen molar-refractivity contribution >= 4 is 0 Å². The minimum Gasteiger partial charge on any atom is -0.380 e. The number of nitrogens with two attached hydrogens (primary N) is 1. The zero-order chi connectivity index (χ0) is 7.98. The Balaban J connectivity index is 2.91. The smallest absolute Gasteiger partial charge is 0.0614 e. The summed E-state index contributed by atoms with van der Waals surface area (Å²) in [5.74, 6) is 0.730. The van der Waals surface area contributed by atoms with Gasteiger partial charge in [0.25, 0.3) is 0 Å². The van der Waals surface area contributed by atoms with Gasteiger partial charge in [-0.2, -0.15) is 0 Å². The quantitative estimate of drug-likeness (QED) is 0.593. The van der Waals surface area contributed by atoms with Crippen LogP contribution in [0.3, 0.4) is 0 Å². The Morgan fingerprint density at radius 3 is 2.30 bits per heavy atom. The summed E-state index contributed by atoms with van der Waals surface area (Å²) in [7, 11) is 0. The van der Waals surface area contributed by atoms with Crippen LogP contribution in [-0.2, 0) is 4.74 Å². The van der Waals surface area contributed by atoms with Crippen LogP contribution in [0.4, 0.5) is 0 Å². The maximum Gasteiger partial charge on any atom is 0.0614 e. The molecule has 62 valence electrons. The second-order valence-electron chi connectivity index (χ2n) is 3.23. The van der Waals surface area contributed by atoms with Crippen LogP contribution in [0.5, 0.6) is 0 Å². The van der Waals surface area contributed by atoms with E-state index in [9.17, 15) is 0 Å². The molecule has 0 heterocycles. The minimum atomic E-state index is 0.173. The molecule has 0 fully saturated rings. The van der Waals surface area contributed by atoms with Crippen LogP contribution >= 0.6 is 0 Å². The summed E-state index contributed by atoms with van der Waals surface area (Å²) in [4.78, 5) is 0. The molecule has 0 rings (SSSR count). The van der Waals surface area contributed by atoms with Gasteiger partial charge in [0.2, 0.25) is 0 Å². The zero-order valence-corrected chi connectivity index (χ0v) is 7.26. The summed E-state index contributed by atoms with van der Waals surface area (Å²) in [6, 6.07) is 0.173. The number of rotatable bonds is 5. The van der Waals surface area contributed by atoms with E-state index in [2.05, 4.69) is 13.8 Å². The molecule has 0 spiro atoms. The summed E-state index contributed by atoms with van der Waals surface area (Å²) in [6.07, 6.45) is 1.13. The third-order valence-corrected chi connectivity index (χ3v) is 1.22. The molecule has 2 nitrogen and oxygen atoms in total. The molecule has 0 aromatic heterocycles. The van der Waals surface area contributed by atoms with Gasteiger partial charge < -0.3 is 10.5 Å². The van der Waals surface area contributed by atoms with Crippen LogP contribution in [0.15, 0.2) is 0 Å². The Kier molecular flexibility index (Phi) is 5.64. The highest BCUT2D eigenvalue weighted by atomic mass is 16.5. The Morgan fingerprint density at radius 2 is 1.90 bits per heavy atom. The van der Waals surface area contributed by atoms with Gasteiger partial charge in [0.15, 0.2) is 0 Å². The monoisotopic (exact) mass is 145 g/mol. The van der Waals surface area contributed by atoms with E-state index in [4.69, 9.17) is 10.5 Å². The number of ether oxygens (including phenoxy) is 1. The predicted octanol–water partition coefficient (Wildman–Crippen LogP) is 1.40. The van der Waals surface area contributed by atoms with Crippen molar-refractivity contribution in [3.05, 3.63) is 0 Å². The fraction of sp³-hybridized carbons (Fsp3) is 1.00. The topological polar surface area (TPSA) is 35.2 Å². The van der Waals surface area contributed by atoms with Crippen molar-refractivity contribution in [1.82, 2.24) is 0 Å². The van der Waals surface area contributed by atoms with E-state index in [1.54, 1.807) is 0 Å². The average molecular weight is 145 g/mol. The van der Waals surface area contributed by atoms with Crippen molar-refractivity contribution in [3.8, 4) is 0 Å². The van der Waals surface area contributed by atoms with Crippen LogP contribution in [0.2, 0.25) is 0 Å². The van der Waals surface area contributed by atoms with Crippen molar-refractivity contribution in [2.24, 2.45) is 11.7 Å². The van der Waals surface area contributed by atoms with E-state index in [0.29, 0.717) is 6.61 Å². The highest BCUT2D eigenvalue weighted by Crippen LogP contribution is 1.98. The molecule has 2 heteroatoms. The molecule has 0 aliphatic heterocycles. The van der Waals surface area contributed by atoms with Gasteiger partial charge in [-0.1, -0.05) is 13.8 Å². The molecule has 0 bridgehead atoms. The van der Waals surface area contributed by atoms with Crippen LogP contribution in [0.25, 0.3) is 0 Å². The molecule has 0 aromatic rings. The molecule has 0 aliphatic carbocycles. The van der Waals surface area contributed by atoms with Gasteiger partial charge >= 0.3 is 0 Å². The lowest BCUT2D eigenvalue weighted by molar-refractivity contribution is 0.114. The Bertz CT molecular complexity index is 61.7. The molecule has 0 radical (unpaired) electrons. The molecule has 1 unspecified atom stereocenters. The van der Waals surface area contributed by atoms with Crippen molar-refractivity contribution < 1.29 is 4.74 Å². The third-order valence-electron chi connectivity index (χ3n) is 1.22. The highest BCUT2D eigenvalue weighted by molar-refractivity contribution is 4.49. The summed E-state index contributed by atoms with van der Waals surface area (Å²) in [5, 5.41) is 0. The normalized spacial score (nSPS) is 14.1. The van der Waals surface area contributed by atoms with Gasteiger partial charge in [0.05, 0.1) is 6.61 Å². The van der Waals surface area contributed by atoms with Gasteiger partial charge in [0, 0.05) is 12.6 Å². The van der Waals surface area contributed by atoms with E-state index >= 15 is 0 Å². The van der Waals surface area contributed by atoms with Gasteiger partial charge in [-0.3, -0.25) is 0 Å². The predicted molar refractivity (Wildman–Crippen MR) is 43.9 cm³/mol.